The molecular formula is C19H34O4. The summed E-state index contributed by atoms with van der Waals surface area (Å²) in [7, 11) is 0. The number of ether oxygens (including phenoxy) is 1. The minimum Gasteiger partial charge on any atom is -0.481 e. The number of carboxylic acid groups (broad SMARTS) is 1. The van der Waals surface area contributed by atoms with Gasteiger partial charge in [0.15, 0.2) is 0 Å². The van der Waals surface area contributed by atoms with Crippen LogP contribution in [0.3, 0.4) is 0 Å². The lowest BCUT2D eigenvalue weighted by atomic mass is 9.82. The first-order valence-corrected chi connectivity index (χ1v) is 9.37. The second-order valence-electron chi connectivity index (χ2n) is 7.41. The van der Waals surface area contributed by atoms with Crippen molar-refractivity contribution >= 4 is 11.9 Å². The van der Waals surface area contributed by atoms with E-state index in [1.165, 1.54) is 12.8 Å². The zero-order valence-electron chi connectivity index (χ0n) is 15.1. The van der Waals surface area contributed by atoms with E-state index in [1.54, 1.807) is 0 Å². The predicted octanol–water partition coefficient (Wildman–Crippen LogP) is 4.81. The molecule has 1 saturated carbocycles. The van der Waals surface area contributed by atoms with Crippen LogP contribution in [0.25, 0.3) is 0 Å². The molecule has 1 aliphatic rings. The van der Waals surface area contributed by atoms with E-state index in [0.29, 0.717) is 25.7 Å². The van der Waals surface area contributed by atoms with Gasteiger partial charge in [-0.1, -0.05) is 40.0 Å². The van der Waals surface area contributed by atoms with Gasteiger partial charge in [-0.3, -0.25) is 9.59 Å². The van der Waals surface area contributed by atoms with Crippen molar-refractivity contribution in [3.8, 4) is 0 Å². The number of hydrogen-bond acceptors (Lipinski definition) is 3. The number of rotatable bonds is 10. The fraction of sp³-hybridized carbons (Fsp3) is 0.895. The van der Waals surface area contributed by atoms with E-state index in [2.05, 4.69) is 20.8 Å². The summed E-state index contributed by atoms with van der Waals surface area (Å²) in [5.74, 6) is -0.476. The minimum absolute atomic E-state index is 0.0388. The lowest BCUT2D eigenvalue weighted by molar-refractivity contribution is -0.158. The molecule has 0 aromatic carbocycles. The van der Waals surface area contributed by atoms with Crippen molar-refractivity contribution in [2.75, 3.05) is 0 Å². The second-order valence-corrected chi connectivity index (χ2v) is 7.41. The van der Waals surface area contributed by atoms with E-state index in [0.717, 1.165) is 31.6 Å². The van der Waals surface area contributed by atoms with Crippen LogP contribution in [0.1, 0.15) is 85.0 Å². The maximum absolute atomic E-state index is 12.3. The highest BCUT2D eigenvalue weighted by atomic mass is 16.5. The third kappa shape index (κ3) is 7.85. The van der Waals surface area contributed by atoms with Crippen molar-refractivity contribution in [2.45, 2.75) is 91.1 Å². The van der Waals surface area contributed by atoms with Gasteiger partial charge in [-0.15, -0.1) is 0 Å². The molecule has 1 atom stereocenters. The topological polar surface area (TPSA) is 63.6 Å². The Hall–Kier alpha value is -1.06. The predicted molar refractivity (Wildman–Crippen MR) is 91.2 cm³/mol. The Morgan fingerprint density at radius 3 is 2.09 bits per heavy atom. The lowest BCUT2D eigenvalue weighted by Crippen LogP contribution is -2.29. The molecule has 0 amide bonds. The van der Waals surface area contributed by atoms with E-state index >= 15 is 0 Å². The van der Waals surface area contributed by atoms with Crippen LogP contribution in [0.4, 0.5) is 0 Å². The fourth-order valence-electron chi connectivity index (χ4n) is 3.35. The SMILES string of the molecule is CCCC(CCCCC(C)C)OC(=O)C1CCC(C(=O)O)CC1. The number of aliphatic carboxylic acids is 1. The second kappa shape index (κ2) is 10.7. The Bertz CT molecular complexity index is 356. The number of carbonyl (C=O) groups excluding carboxylic acids is 1. The fourth-order valence-corrected chi connectivity index (χ4v) is 3.35. The first-order chi connectivity index (χ1) is 10.9. The smallest absolute Gasteiger partial charge is 0.309 e. The highest BCUT2D eigenvalue weighted by Gasteiger charge is 2.31. The summed E-state index contributed by atoms with van der Waals surface area (Å²) in [6.45, 7) is 6.58. The Kier molecular flexibility index (Phi) is 9.27. The van der Waals surface area contributed by atoms with E-state index < -0.39 is 5.97 Å². The number of carbonyl (C=O) groups is 2. The molecule has 0 aromatic heterocycles. The largest absolute Gasteiger partial charge is 0.481 e. The van der Waals surface area contributed by atoms with E-state index in [9.17, 15) is 9.59 Å². The third-order valence-corrected chi connectivity index (χ3v) is 4.86. The highest BCUT2D eigenvalue weighted by molar-refractivity contribution is 5.74. The van der Waals surface area contributed by atoms with E-state index in [1.807, 2.05) is 0 Å². The Balaban J connectivity index is 2.34. The molecule has 0 heterocycles. The quantitative estimate of drug-likeness (QED) is 0.462. The molecule has 1 N–H and O–H groups in total. The summed E-state index contributed by atoms with van der Waals surface area (Å²) in [5, 5.41) is 9.02. The first-order valence-electron chi connectivity index (χ1n) is 9.37. The van der Waals surface area contributed by atoms with Gasteiger partial charge >= 0.3 is 11.9 Å². The summed E-state index contributed by atoms with van der Waals surface area (Å²) in [6.07, 6.45) is 8.99. The van der Waals surface area contributed by atoms with Gasteiger partial charge in [-0.25, -0.2) is 0 Å². The Morgan fingerprint density at radius 1 is 1.00 bits per heavy atom. The van der Waals surface area contributed by atoms with Crippen molar-refractivity contribution in [1.82, 2.24) is 0 Å². The van der Waals surface area contributed by atoms with Gasteiger partial charge < -0.3 is 9.84 Å². The first kappa shape index (κ1) is 20.0. The number of hydrogen-bond donors (Lipinski definition) is 1. The van der Waals surface area contributed by atoms with Crippen LogP contribution in [-0.2, 0) is 14.3 Å². The average molecular weight is 326 g/mol. The van der Waals surface area contributed by atoms with Crippen LogP contribution >= 0.6 is 0 Å². The molecule has 4 nitrogen and oxygen atoms in total. The van der Waals surface area contributed by atoms with Crippen LogP contribution < -0.4 is 0 Å². The van der Waals surface area contributed by atoms with E-state index in [-0.39, 0.29) is 23.9 Å². The molecule has 4 heteroatoms. The molecule has 0 saturated heterocycles. The van der Waals surface area contributed by atoms with Crippen LogP contribution in [-0.4, -0.2) is 23.1 Å². The van der Waals surface area contributed by atoms with E-state index in [4.69, 9.17) is 9.84 Å². The Labute approximate surface area is 141 Å². The van der Waals surface area contributed by atoms with Crippen molar-refractivity contribution in [3.63, 3.8) is 0 Å². The molecule has 0 aliphatic heterocycles. The van der Waals surface area contributed by atoms with Gasteiger partial charge in [0.25, 0.3) is 0 Å². The van der Waals surface area contributed by atoms with Crippen LogP contribution in [0.2, 0.25) is 0 Å². The Morgan fingerprint density at radius 2 is 1.57 bits per heavy atom. The summed E-state index contributed by atoms with van der Waals surface area (Å²) in [5.41, 5.74) is 0. The zero-order valence-corrected chi connectivity index (χ0v) is 15.1. The molecule has 23 heavy (non-hydrogen) atoms. The molecular weight excluding hydrogens is 292 g/mol. The van der Waals surface area contributed by atoms with Gasteiger partial charge in [0.1, 0.15) is 6.10 Å². The maximum Gasteiger partial charge on any atom is 0.309 e. The molecule has 0 spiro atoms. The van der Waals surface area contributed by atoms with Gasteiger partial charge in [0, 0.05) is 0 Å². The summed E-state index contributed by atoms with van der Waals surface area (Å²) in [4.78, 5) is 23.3. The van der Waals surface area contributed by atoms with Gasteiger partial charge in [-0.05, 0) is 50.9 Å². The molecule has 1 aliphatic carbocycles. The van der Waals surface area contributed by atoms with Gasteiger partial charge in [0.05, 0.1) is 11.8 Å². The molecule has 1 rings (SSSR count). The summed E-state index contributed by atoms with van der Waals surface area (Å²) >= 11 is 0. The normalized spacial score (nSPS) is 22.8. The monoisotopic (exact) mass is 326 g/mol. The maximum atomic E-state index is 12.3. The van der Waals surface area contributed by atoms with Crippen molar-refractivity contribution < 1.29 is 19.4 Å². The number of esters is 1. The third-order valence-electron chi connectivity index (χ3n) is 4.86. The standard InChI is InChI=1S/C19H34O4/c1-4-7-17(9-6-5-8-14(2)3)23-19(22)16-12-10-15(11-13-16)18(20)21/h14-17H,4-13H2,1-3H3,(H,20,21). The van der Waals surface area contributed by atoms with Crippen molar-refractivity contribution in [1.29, 1.82) is 0 Å². The minimum atomic E-state index is -0.731. The van der Waals surface area contributed by atoms with Crippen LogP contribution in [0.5, 0.6) is 0 Å². The van der Waals surface area contributed by atoms with Crippen molar-refractivity contribution in [3.05, 3.63) is 0 Å². The van der Waals surface area contributed by atoms with Gasteiger partial charge in [-0.2, -0.15) is 0 Å². The zero-order chi connectivity index (χ0) is 17.2. The number of unbranched alkanes of at least 4 members (excludes halogenated alkanes) is 1. The molecule has 0 bridgehead atoms. The molecule has 1 fully saturated rings. The molecule has 0 aromatic rings. The summed E-state index contributed by atoms with van der Waals surface area (Å²) < 4.78 is 5.75. The van der Waals surface area contributed by atoms with Crippen LogP contribution in [0, 0.1) is 17.8 Å². The number of carboxylic acids is 1. The highest BCUT2D eigenvalue weighted by Crippen LogP contribution is 2.30. The van der Waals surface area contributed by atoms with Crippen molar-refractivity contribution in [2.24, 2.45) is 17.8 Å². The van der Waals surface area contributed by atoms with Gasteiger partial charge in [0.2, 0.25) is 0 Å². The molecule has 1 unspecified atom stereocenters. The molecule has 134 valence electrons. The molecule has 0 radical (unpaired) electrons. The van der Waals surface area contributed by atoms with Crippen LogP contribution in [0.15, 0.2) is 0 Å². The average Bonchev–Trinajstić information content (AvgIpc) is 2.51. The lowest BCUT2D eigenvalue weighted by Gasteiger charge is -2.26. The summed E-state index contributed by atoms with van der Waals surface area (Å²) in [6, 6.07) is 0.